The summed E-state index contributed by atoms with van der Waals surface area (Å²) < 4.78 is 8.34. The fourth-order valence-corrected chi connectivity index (χ4v) is 3.24. The third-order valence-electron chi connectivity index (χ3n) is 3.75. The van der Waals surface area contributed by atoms with Crippen molar-refractivity contribution in [2.24, 2.45) is 0 Å². The van der Waals surface area contributed by atoms with E-state index in [1.165, 1.54) is 5.56 Å². The first-order valence-corrected chi connectivity index (χ1v) is 8.43. The topological polar surface area (TPSA) is 31.2 Å². The van der Waals surface area contributed by atoms with E-state index in [0.29, 0.717) is 13.0 Å². The van der Waals surface area contributed by atoms with Crippen molar-refractivity contribution in [3.63, 3.8) is 0 Å². The van der Waals surface area contributed by atoms with Gasteiger partial charge < -0.3 is 9.30 Å². The number of carbonyl (C=O) groups is 1. The molecule has 0 N–H and O–H groups in total. The van der Waals surface area contributed by atoms with Gasteiger partial charge in [0.05, 0.1) is 13.0 Å². The Morgan fingerprint density at radius 3 is 2.78 bits per heavy atom. The minimum Gasteiger partial charge on any atom is -0.466 e. The number of para-hydroxylation sites is 1. The van der Waals surface area contributed by atoms with Crippen molar-refractivity contribution < 1.29 is 9.53 Å². The number of benzene rings is 2. The van der Waals surface area contributed by atoms with Crippen molar-refractivity contribution in [1.82, 2.24) is 4.57 Å². The van der Waals surface area contributed by atoms with Gasteiger partial charge in [0.1, 0.15) is 0 Å². The number of carbonyl (C=O) groups excluding carboxylic acids is 1. The van der Waals surface area contributed by atoms with E-state index < -0.39 is 0 Å². The highest BCUT2D eigenvalue weighted by Gasteiger charge is 2.12. The summed E-state index contributed by atoms with van der Waals surface area (Å²) in [5, 5.41) is 1.11. The van der Waals surface area contributed by atoms with Gasteiger partial charge in [-0.1, -0.05) is 46.3 Å². The fraction of sp³-hybridized carbons (Fsp3) is 0.211. The molecule has 3 rings (SSSR count). The van der Waals surface area contributed by atoms with Crippen LogP contribution in [0, 0.1) is 0 Å². The first-order chi connectivity index (χ1) is 11.2. The minimum absolute atomic E-state index is 0.183. The normalized spacial score (nSPS) is 10.9. The molecule has 0 aliphatic heterocycles. The molecule has 0 unspecified atom stereocenters. The largest absolute Gasteiger partial charge is 0.466 e. The molecular weight excluding hydrogens is 354 g/mol. The molecule has 3 nitrogen and oxygen atoms in total. The summed E-state index contributed by atoms with van der Waals surface area (Å²) in [6, 6.07) is 16.4. The van der Waals surface area contributed by atoms with Gasteiger partial charge >= 0.3 is 5.97 Å². The molecule has 0 radical (unpaired) electrons. The summed E-state index contributed by atoms with van der Waals surface area (Å²) in [7, 11) is 0. The van der Waals surface area contributed by atoms with Crippen LogP contribution in [0.15, 0.2) is 59.2 Å². The van der Waals surface area contributed by atoms with E-state index in [-0.39, 0.29) is 5.97 Å². The van der Waals surface area contributed by atoms with Crippen LogP contribution in [0.3, 0.4) is 0 Å². The zero-order valence-electron chi connectivity index (χ0n) is 13.0. The van der Waals surface area contributed by atoms with Crippen LogP contribution in [0.25, 0.3) is 10.9 Å². The fourth-order valence-electron chi connectivity index (χ4n) is 2.79. The summed E-state index contributed by atoms with van der Waals surface area (Å²) in [6.07, 6.45) is 2.36. The predicted octanol–water partition coefficient (Wildman–Crippen LogP) is 4.56. The van der Waals surface area contributed by atoms with Crippen molar-refractivity contribution in [2.45, 2.75) is 19.9 Å². The van der Waals surface area contributed by atoms with Gasteiger partial charge in [-0.2, -0.15) is 0 Å². The minimum atomic E-state index is -0.183. The van der Waals surface area contributed by atoms with E-state index in [4.69, 9.17) is 4.74 Å². The molecule has 2 aromatic carbocycles. The van der Waals surface area contributed by atoms with E-state index in [9.17, 15) is 4.79 Å². The van der Waals surface area contributed by atoms with Gasteiger partial charge in [0.2, 0.25) is 0 Å². The molecule has 1 heterocycles. The highest BCUT2D eigenvalue weighted by atomic mass is 79.9. The molecule has 4 heteroatoms. The van der Waals surface area contributed by atoms with Gasteiger partial charge in [0, 0.05) is 28.1 Å². The molecular formula is C19H18BrNO2. The van der Waals surface area contributed by atoms with Gasteiger partial charge in [0.25, 0.3) is 0 Å². The van der Waals surface area contributed by atoms with Crippen molar-refractivity contribution >= 4 is 32.8 Å². The monoisotopic (exact) mass is 371 g/mol. The SMILES string of the molecule is CCOC(=O)Cc1cn(Cc2cccc(Br)c2)c2ccccc12. The van der Waals surface area contributed by atoms with E-state index >= 15 is 0 Å². The number of ether oxygens (including phenoxy) is 1. The third kappa shape index (κ3) is 3.64. The molecule has 0 atom stereocenters. The number of halogens is 1. The smallest absolute Gasteiger partial charge is 0.310 e. The zero-order valence-corrected chi connectivity index (χ0v) is 14.5. The molecule has 0 aliphatic rings. The lowest BCUT2D eigenvalue weighted by molar-refractivity contribution is -0.142. The number of nitrogens with zero attached hydrogens (tertiary/aromatic N) is 1. The van der Waals surface area contributed by atoms with E-state index in [2.05, 4.69) is 51.0 Å². The quantitative estimate of drug-likeness (QED) is 0.615. The van der Waals surface area contributed by atoms with Gasteiger partial charge in [0.15, 0.2) is 0 Å². The van der Waals surface area contributed by atoms with E-state index in [0.717, 1.165) is 27.5 Å². The predicted molar refractivity (Wildman–Crippen MR) is 95.5 cm³/mol. The maximum atomic E-state index is 11.8. The summed E-state index contributed by atoms with van der Waals surface area (Å²) >= 11 is 3.51. The highest BCUT2D eigenvalue weighted by Crippen LogP contribution is 2.24. The Balaban J connectivity index is 1.96. The summed E-state index contributed by atoms with van der Waals surface area (Å²) in [5.41, 5.74) is 3.35. The lowest BCUT2D eigenvalue weighted by Crippen LogP contribution is -2.07. The molecule has 0 aliphatic carbocycles. The van der Waals surface area contributed by atoms with E-state index in [1.54, 1.807) is 0 Å². The molecule has 23 heavy (non-hydrogen) atoms. The van der Waals surface area contributed by atoms with Crippen LogP contribution in [0.1, 0.15) is 18.1 Å². The first kappa shape index (κ1) is 15.8. The second kappa shape index (κ2) is 7.01. The third-order valence-corrected chi connectivity index (χ3v) is 4.25. The number of fused-ring (bicyclic) bond motifs is 1. The van der Waals surface area contributed by atoms with Crippen LogP contribution in [0.4, 0.5) is 0 Å². The number of hydrogen-bond donors (Lipinski definition) is 0. The molecule has 0 amide bonds. The molecule has 1 aromatic heterocycles. The van der Waals surface area contributed by atoms with Gasteiger partial charge in [-0.3, -0.25) is 4.79 Å². The van der Waals surface area contributed by atoms with Crippen LogP contribution in [-0.2, 0) is 22.5 Å². The van der Waals surface area contributed by atoms with Gasteiger partial charge in [-0.05, 0) is 36.2 Å². The number of aromatic nitrogens is 1. The molecule has 0 saturated heterocycles. The number of hydrogen-bond acceptors (Lipinski definition) is 2. The van der Waals surface area contributed by atoms with Crippen LogP contribution in [-0.4, -0.2) is 17.1 Å². The summed E-state index contributed by atoms with van der Waals surface area (Å²) in [4.78, 5) is 11.8. The van der Waals surface area contributed by atoms with Crippen molar-refractivity contribution in [1.29, 1.82) is 0 Å². The Morgan fingerprint density at radius 2 is 2.00 bits per heavy atom. The van der Waals surface area contributed by atoms with Crippen molar-refractivity contribution in [2.75, 3.05) is 6.61 Å². The molecule has 0 bridgehead atoms. The van der Waals surface area contributed by atoms with Gasteiger partial charge in [-0.25, -0.2) is 0 Å². The Kier molecular flexibility index (Phi) is 4.82. The molecule has 0 spiro atoms. The molecule has 118 valence electrons. The zero-order chi connectivity index (χ0) is 16.2. The van der Waals surface area contributed by atoms with Crippen molar-refractivity contribution in [3.05, 3.63) is 70.3 Å². The summed E-state index contributed by atoms with van der Waals surface area (Å²) in [6.45, 7) is 3.01. The number of esters is 1. The van der Waals surface area contributed by atoms with Crippen LogP contribution in [0.5, 0.6) is 0 Å². The molecule has 0 saturated carbocycles. The van der Waals surface area contributed by atoms with Crippen molar-refractivity contribution in [3.8, 4) is 0 Å². The van der Waals surface area contributed by atoms with Crippen LogP contribution in [0.2, 0.25) is 0 Å². The Bertz CT molecular complexity index is 838. The van der Waals surface area contributed by atoms with E-state index in [1.807, 2.05) is 31.2 Å². The van der Waals surface area contributed by atoms with Gasteiger partial charge in [-0.15, -0.1) is 0 Å². The average Bonchev–Trinajstić information content (AvgIpc) is 2.86. The molecule has 3 aromatic rings. The Morgan fingerprint density at radius 1 is 1.17 bits per heavy atom. The first-order valence-electron chi connectivity index (χ1n) is 7.64. The lowest BCUT2D eigenvalue weighted by Gasteiger charge is -2.06. The average molecular weight is 372 g/mol. The standard InChI is InChI=1S/C19H18BrNO2/c1-2-23-19(22)11-15-13-21(18-9-4-3-8-17(15)18)12-14-6-5-7-16(20)10-14/h3-10,13H,2,11-12H2,1H3. The maximum Gasteiger partial charge on any atom is 0.310 e. The lowest BCUT2D eigenvalue weighted by atomic mass is 10.1. The van der Waals surface area contributed by atoms with Crippen LogP contribution >= 0.6 is 15.9 Å². The number of rotatable bonds is 5. The second-order valence-electron chi connectivity index (χ2n) is 5.41. The maximum absolute atomic E-state index is 11.8. The Labute approximate surface area is 144 Å². The summed E-state index contributed by atoms with van der Waals surface area (Å²) in [5.74, 6) is -0.183. The molecule has 0 fully saturated rings. The Hall–Kier alpha value is -2.07. The van der Waals surface area contributed by atoms with Crippen LogP contribution < -0.4 is 0 Å². The highest BCUT2D eigenvalue weighted by molar-refractivity contribution is 9.10. The second-order valence-corrected chi connectivity index (χ2v) is 6.33.